The third-order valence-corrected chi connectivity index (χ3v) is 10.2. The van der Waals surface area contributed by atoms with Gasteiger partial charge in [0.2, 0.25) is 0 Å². The molecule has 0 radical (unpaired) electrons. The summed E-state index contributed by atoms with van der Waals surface area (Å²) >= 11 is 0. The SMILES string of the molecule is CC1(C)COC2(CCC3=C4C(c5ccc(C#N)cc5)CC5(C)C(O)CCC5C4CCC3C2)OC1. The van der Waals surface area contributed by atoms with Crippen LogP contribution < -0.4 is 0 Å². The first kappa shape index (κ1) is 22.8. The van der Waals surface area contributed by atoms with Gasteiger partial charge in [-0.15, -0.1) is 0 Å². The quantitative estimate of drug-likeness (QED) is 0.513. The first-order valence-corrected chi connectivity index (χ1v) is 13.4. The minimum Gasteiger partial charge on any atom is -0.393 e. The molecule has 0 aromatic heterocycles. The highest BCUT2D eigenvalue weighted by atomic mass is 16.7. The molecule has 4 heteroatoms. The standard InChI is InChI=1S/C30H39NO3/c1-28(2)17-33-30(34-18-28)13-12-22-21(14-30)8-9-23-25-10-11-26(32)29(25,3)15-24(27(22)23)20-6-4-19(16-31)5-7-20/h4-7,21,23-26,32H,8-15,17-18H2,1-3H3. The molecule has 1 aromatic carbocycles. The van der Waals surface area contributed by atoms with Crippen LogP contribution in [0.5, 0.6) is 0 Å². The fourth-order valence-electron chi connectivity index (χ4n) is 8.29. The van der Waals surface area contributed by atoms with Crippen LogP contribution in [0.3, 0.4) is 0 Å². The minimum atomic E-state index is -0.395. The van der Waals surface area contributed by atoms with E-state index < -0.39 is 5.79 Å². The predicted octanol–water partition coefficient (Wildman–Crippen LogP) is 6.10. The van der Waals surface area contributed by atoms with Crippen molar-refractivity contribution in [3.63, 3.8) is 0 Å². The molecule has 0 bridgehead atoms. The zero-order valence-electron chi connectivity index (χ0n) is 21.0. The monoisotopic (exact) mass is 461 g/mol. The summed E-state index contributed by atoms with van der Waals surface area (Å²) in [6.45, 7) is 8.35. The van der Waals surface area contributed by atoms with E-state index in [1.54, 1.807) is 11.1 Å². The number of rotatable bonds is 1. The first-order valence-electron chi connectivity index (χ1n) is 13.4. The summed E-state index contributed by atoms with van der Waals surface area (Å²) in [6, 6.07) is 10.5. The van der Waals surface area contributed by atoms with Gasteiger partial charge < -0.3 is 14.6 Å². The molecule has 1 aromatic rings. The molecule has 182 valence electrons. The number of allylic oxidation sites excluding steroid dienone is 2. The summed E-state index contributed by atoms with van der Waals surface area (Å²) in [5.74, 6) is 1.64. The highest BCUT2D eigenvalue weighted by Crippen LogP contribution is 2.64. The number of benzene rings is 1. The van der Waals surface area contributed by atoms with E-state index in [1.807, 2.05) is 12.1 Å². The Hall–Kier alpha value is -1.67. The van der Waals surface area contributed by atoms with Crippen molar-refractivity contribution in [1.29, 1.82) is 5.26 Å². The highest BCUT2D eigenvalue weighted by Gasteiger charge is 2.57. The second kappa shape index (κ2) is 7.92. The van der Waals surface area contributed by atoms with E-state index in [9.17, 15) is 10.4 Å². The van der Waals surface area contributed by atoms with Crippen molar-refractivity contribution in [3.8, 4) is 6.07 Å². The molecule has 3 saturated carbocycles. The zero-order chi connectivity index (χ0) is 23.7. The summed E-state index contributed by atoms with van der Waals surface area (Å²) in [4.78, 5) is 0. The lowest BCUT2D eigenvalue weighted by Gasteiger charge is -2.55. The second-order valence-corrected chi connectivity index (χ2v) is 12.9. The van der Waals surface area contributed by atoms with Crippen LogP contribution in [0.2, 0.25) is 0 Å². The maximum absolute atomic E-state index is 11.1. The maximum atomic E-state index is 11.1. The molecule has 1 aliphatic heterocycles. The lowest BCUT2D eigenvalue weighted by molar-refractivity contribution is -0.312. The van der Waals surface area contributed by atoms with E-state index in [0.29, 0.717) is 23.7 Å². The lowest BCUT2D eigenvalue weighted by atomic mass is 9.52. The fourth-order valence-corrected chi connectivity index (χ4v) is 8.29. The van der Waals surface area contributed by atoms with E-state index in [-0.39, 0.29) is 16.9 Å². The third-order valence-electron chi connectivity index (χ3n) is 10.2. The molecule has 4 aliphatic carbocycles. The summed E-state index contributed by atoms with van der Waals surface area (Å²) in [5.41, 5.74) is 5.48. The van der Waals surface area contributed by atoms with Crippen molar-refractivity contribution >= 4 is 0 Å². The Morgan fingerprint density at radius 1 is 0.971 bits per heavy atom. The van der Waals surface area contributed by atoms with Gasteiger partial charge in [-0.25, -0.2) is 0 Å². The Bertz CT molecular complexity index is 1020. The molecule has 0 amide bonds. The Balaban J connectivity index is 1.38. The van der Waals surface area contributed by atoms with Crippen molar-refractivity contribution < 1.29 is 14.6 Å². The van der Waals surface area contributed by atoms with Gasteiger partial charge in [0.1, 0.15) is 0 Å². The van der Waals surface area contributed by atoms with Crippen LogP contribution in [0.25, 0.3) is 0 Å². The summed E-state index contributed by atoms with van der Waals surface area (Å²) in [7, 11) is 0. The van der Waals surface area contributed by atoms with E-state index in [4.69, 9.17) is 9.47 Å². The Morgan fingerprint density at radius 2 is 1.71 bits per heavy atom. The van der Waals surface area contributed by atoms with Crippen molar-refractivity contribution in [2.24, 2.45) is 28.6 Å². The van der Waals surface area contributed by atoms with Crippen molar-refractivity contribution in [1.82, 2.24) is 0 Å². The normalized spacial score (nSPS) is 40.3. The number of aliphatic hydroxyl groups is 1. The highest BCUT2D eigenvalue weighted by molar-refractivity contribution is 5.42. The average molecular weight is 462 g/mol. The number of hydrogen-bond acceptors (Lipinski definition) is 4. The summed E-state index contributed by atoms with van der Waals surface area (Å²) in [6.07, 6.45) is 8.32. The summed E-state index contributed by atoms with van der Waals surface area (Å²) < 4.78 is 12.9. The maximum Gasteiger partial charge on any atom is 0.169 e. The Labute approximate surface area is 204 Å². The molecular weight excluding hydrogens is 422 g/mol. The van der Waals surface area contributed by atoms with Crippen molar-refractivity contribution in [2.75, 3.05) is 13.2 Å². The molecule has 1 saturated heterocycles. The van der Waals surface area contributed by atoms with E-state index in [0.717, 1.165) is 57.3 Å². The van der Waals surface area contributed by atoms with Crippen LogP contribution >= 0.6 is 0 Å². The lowest BCUT2D eigenvalue weighted by Crippen LogP contribution is -2.52. The van der Waals surface area contributed by atoms with Crippen LogP contribution in [0, 0.1) is 39.9 Å². The average Bonchev–Trinajstić information content (AvgIpc) is 3.14. The number of aliphatic hydroxyl groups excluding tert-OH is 1. The smallest absolute Gasteiger partial charge is 0.169 e. The topological polar surface area (TPSA) is 62.5 Å². The van der Waals surface area contributed by atoms with Gasteiger partial charge in [0.25, 0.3) is 0 Å². The van der Waals surface area contributed by atoms with Gasteiger partial charge in [-0.2, -0.15) is 5.26 Å². The van der Waals surface area contributed by atoms with Crippen molar-refractivity contribution in [3.05, 3.63) is 46.5 Å². The number of nitriles is 1. The molecule has 5 aliphatic rings. The van der Waals surface area contributed by atoms with E-state index in [2.05, 4.69) is 39.0 Å². The van der Waals surface area contributed by atoms with Crippen LogP contribution in [-0.2, 0) is 9.47 Å². The molecule has 1 spiro atoms. The van der Waals surface area contributed by atoms with Crippen molar-refractivity contribution in [2.45, 2.75) is 89.9 Å². The summed E-state index contributed by atoms with van der Waals surface area (Å²) in [5, 5.41) is 20.4. The number of nitrogens with zero attached hydrogens (tertiary/aromatic N) is 1. The van der Waals surface area contributed by atoms with Gasteiger partial charge in [0.05, 0.1) is 31.0 Å². The van der Waals surface area contributed by atoms with Gasteiger partial charge in [0.15, 0.2) is 5.79 Å². The first-order chi connectivity index (χ1) is 16.2. The van der Waals surface area contributed by atoms with Gasteiger partial charge in [0, 0.05) is 24.2 Å². The van der Waals surface area contributed by atoms with Crippen LogP contribution in [0.4, 0.5) is 0 Å². The molecule has 4 fully saturated rings. The van der Waals surface area contributed by atoms with Gasteiger partial charge in [-0.1, -0.05) is 44.1 Å². The molecule has 34 heavy (non-hydrogen) atoms. The van der Waals surface area contributed by atoms with Gasteiger partial charge >= 0.3 is 0 Å². The second-order valence-electron chi connectivity index (χ2n) is 12.9. The van der Waals surface area contributed by atoms with Gasteiger partial charge in [-0.05, 0) is 79.4 Å². The number of ether oxygens (including phenoxy) is 2. The molecule has 6 unspecified atom stereocenters. The van der Waals surface area contributed by atoms with E-state index in [1.165, 1.54) is 18.4 Å². The van der Waals surface area contributed by atoms with Gasteiger partial charge in [-0.3, -0.25) is 0 Å². The van der Waals surface area contributed by atoms with Crippen LogP contribution in [0.15, 0.2) is 35.4 Å². The Kier molecular flexibility index (Phi) is 5.30. The molecule has 1 heterocycles. The minimum absolute atomic E-state index is 0.0167. The number of hydrogen-bond donors (Lipinski definition) is 1. The molecular formula is C30H39NO3. The zero-order valence-corrected chi connectivity index (χ0v) is 21.0. The van der Waals surface area contributed by atoms with Crippen LogP contribution in [-0.4, -0.2) is 30.2 Å². The molecule has 6 atom stereocenters. The fraction of sp³-hybridized carbons (Fsp3) is 0.700. The Morgan fingerprint density at radius 3 is 2.41 bits per heavy atom. The molecule has 4 nitrogen and oxygen atoms in total. The van der Waals surface area contributed by atoms with E-state index >= 15 is 0 Å². The van der Waals surface area contributed by atoms with Crippen LogP contribution in [0.1, 0.15) is 89.2 Å². The molecule has 6 rings (SSSR count). The predicted molar refractivity (Wildman–Crippen MR) is 131 cm³/mol. The molecule has 1 N–H and O–H groups in total. The third kappa shape index (κ3) is 3.50. The largest absolute Gasteiger partial charge is 0.393 e. The number of fused-ring (bicyclic) bond motifs is 4.